The summed E-state index contributed by atoms with van der Waals surface area (Å²) < 4.78 is 62.4. The lowest BCUT2D eigenvalue weighted by Gasteiger charge is -2.35. The molecular formula is C66H82ClFN10O13S. The number of carbonyl (C=O) groups is 4. The monoisotopic (exact) mass is 1310 g/mol. The summed E-state index contributed by atoms with van der Waals surface area (Å²) in [7, 11) is 3.30. The molecule has 0 spiro atoms. The zero-order chi connectivity index (χ0) is 65.3. The highest BCUT2D eigenvalue weighted by atomic mass is 35.5. The second-order valence-electron chi connectivity index (χ2n) is 22.9. The van der Waals surface area contributed by atoms with Gasteiger partial charge in [-0.3, -0.25) is 19.2 Å². The number of halogens is 2. The van der Waals surface area contributed by atoms with Crippen LogP contribution in [0, 0.1) is 18.7 Å². The number of phenols is 1. The van der Waals surface area contributed by atoms with Crippen LogP contribution in [0.1, 0.15) is 75.9 Å². The van der Waals surface area contributed by atoms with E-state index in [2.05, 4.69) is 25.8 Å². The number of aromatic hydroxyl groups is 1. The van der Waals surface area contributed by atoms with E-state index in [9.17, 15) is 24.3 Å². The van der Waals surface area contributed by atoms with Gasteiger partial charge >= 0.3 is 0 Å². The molecule has 3 atom stereocenters. The van der Waals surface area contributed by atoms with E-state index in [4.69, 9.17) is 54.3 Å². The summed E-state index contributed by atoms with van der Waals surface area (Å²) in [5, 5.41) is 22.9. The van der Waals surface area contributed by atoms with Crippen LogP contribution in [0.3, 0.4) is 0 Å². The van der Waals surface area contributed by atoms with Crippen molar-refractivity contribution in [2.45, 2.75) is 71.9 Å². The predicted molar refractivity (Wildman–Crippen MR) is 348 cm³/mol. The predicted octanol–water partition coefficient (Wildman–Crippen LogP) is 9.08. The number of phenolic OH excluding ortho intramolecular Hbond substituents is 1. The number of carbonyl (C=O) groups excluding carboxylic acids is 4. The number of amides is 4. The normalized spacial score (nSPS) is 14.9. The number of benzene rings is 4. The van der Waals surface area contributed by atoms with Crippen molar-refractivity contribution in [1.82, 2.24) is 40.1 Å². The van der Waals surface area contributed by atoms with Crippen molar-refractivity contribution >= 4 is 80.0 Å². The van der Waals surface area contributed by atoms with Crippen molar-refractivity contribution in [3.63, 3.8) is 0 Å². The van der Waals surface area contributed by atoms with Gasteiger partial charge < -0.3 is 73.0 Å². The van der Waals surface area contributed by atoms with Gasteiger partial charge in [0.05, 0.1) is 100 Å². The zero-order valence-corrected chi connectivity index (χ0v) is 54.7. The smallest absolute Gasteiger partial charge is 0.254 e. The minimum absolute atomic E-state index is 0.0170. The molecule has 26 heteroatoms. The first kappa shape index (κ1) is 68.6. The van der Waals surface area contributed by atoms with Gasteiger partial charge in [-0.1, -0.05) is 61.8 Å². The number of nitrogens with one attached hydrogen (secondary N) is 2. The third kappa shape index (κ3) is 17.5. The molecule has 92 heavy (non-hydrogen) atoms. The summed E-state index contributed by atoms with van der Waals surface area (Å²) in [6.07, 6.45) is 1.34. The molecule has 2 fully saturated rings. The third-order valence-corrected chi connectivity index (χ3v) is 17.5. The van der Waals surface area contributed by atoms with E-state index in [1.165, 1.54) is 13.0 Å². The Bertz CT molecular complexity index is 3640. The fraction of sp³-hybridized carbons (Fsp3) is 0.485. The van der Waals surface area contributed by atoms with Gasteiger partial charge in [-0.15, -0.1) is 11.3 Å². The van der Waals surface area contributed by atoms with E-state index in [-0.39, 0.29) is 95.4 Å². The van der Waals surface area contributed by atoms with Crippen LogP contribution in [0.2, 0.25) is 5.02 Å². The molecule has 3 aromatic heterocycles. The number of thiazole rings is 1. The minimum Gasteiger partial charge on any atom is -0.508 e. The fourth-order valence-electron chi connectivity index (χ4n) is 11.3. The Kier molecular flexibility index (Phi) is 24.7. The summed E-state index contributed by atoms with van der Waals surface area (Å²) in [5.41, 5.74) is 5.10. The van der Waals surface area contributed by atoms with Gasteiger partial charge in [-0.2, -0.15) is 4.98 Å². The molecule has 0 aliphatic carbocycles. The number of likely N-dealkylation sites (tertiary alicyclic amines) is 1. The average Bonchev–Trinajstić information content (AvgIpc) is 0.880. The van der Waals surface area contributed by atoms with Crippen LogP contribution in [0.25, 0.3) is 43.2 Å². The summed E-state index contributed by atoms with van der Waals surface area (Å²) >= 11 is 8.44. The quantitative estimate of drug-likeness (QED) is 0.0324. The molecule has 4 aromatic carbocycles. The maximum atomic E-state index is 17.0. The van der Waals surface area contributed by atoms with Crippen LogP contribution in [-0.2, 0) is 42.9 Å². The van der Waals surface area contributed by atoms with Gasteiger partial charge in [0.1, 0.15) is 41.4 Å². The standard InChI is InChI=1S/C66H82ClFN10O13S/c1-41(2)58(65(83)78-18-10-13-53(78)64(82)71-42(3)48-15-14-46(36-54(48)84-7)62-43(4)70-40-92-62)55-39-56(74-91-55)90-34-33-89-32-31-88-30-29-87-28-27-86-26-25-85-24-23-75(6)57(81)16-17-69-66-72-61-51(63(73-66)77-21-19-76(20-22-77)44(5)79)38-52(67)59(60(61)68)50-37-47(80)35-45-11-8-9-12-49(45)50/h8-9,11-12,14-15,35-42,53,58,80H,10,13,16-34H2,1-7H3,(H,71,82)(H,69,72,73)/t42-,53-,58?/m0/s1. The minimum atomic E-state index is -0.683. The van der Waals surface area contributed by atoms with E-state index in [1.54, 1.807) is 58.4 Å². The number of likely N-dealkylation sites (N-methyl/N-ethyl adjacent to an activating group) is 1. The van der Waals surface area contributed by atoms with Crippen LogP contribution in [0.15, 0.2) is 76.8 Å². The molecule has 7 aromatic rings. The zero-order valence-electron chi connectivity index (χ0n) is 53.2. The molecule has 4 amide bonds. The molecule has 23 nitrogen and oxygen atoms in total. The first-order valence-corrected chi connectivity index (χ1v) is 32.3. The van der Waals surface area contributed by atoms with Gasteiger partial charge in [0, 0.05) is 88.8 Å². The summed E-state index contributed by atoms with van der Waals surface area (Å²) in [5.74, 6) is -0.328. The molecule has 2 aliphatic heterocycles. The van der Waals surface area contributed by atoms with Crippen molar-refractivity contribution in [1.29, 1.82) is 0 Å². The molecule has 2 saturated heterocycles. The third-order valence-electron chi connectivity index (χ3n) is 16.2. The number of methoxy groups -OCH3 is 1. The highest BCUT2D eigenvalue weighted by Crippen LogP contribution is 2.43. The number of aryl methyl sites for hydroxylation is 1. The first-order valence-electron chi connectivity index (χ1n) is 31.1. The van der Waals surface area contributed by atoms with Gasteiger partial charge in [-0.25, -0.2) is 14.4 Å². The van der Waals surface area contributed by atoms with Gasteiger partial charge in [-0.05, 0) is 83.9 Å². The van der Waals surface area contributed by atoms with E-state index in [0.29, 0.717) is 151 Å². The highest BCUT2D eigenvalue weighted by molar-refractivity contribution is 7.13. The van der Waals surface area contributed by atoms with E-state index in [1.807, 2.05) is 80.6 Å². The summed E-state index contributed by atoms with van der Waals surface area (Å²) in [6, 6.07) is 18.6. The number of hydrogen-bond acceptors (Lipinski definition) is 20. The van der Waals surface area contributed by atoms with E-state index in [0.717, 1.165) is 21.7 Å². The van der Waals surface area contributed by atoms with Gasteiger partial charge in [0.25, 0.3) is 5.88 Å². The largest absolute Gasteiger partial charge is 0.508 e. The number of piperazine rings is 1. The molecule has 0 radical (unpaired) electrons. The lowest BCUT2D eigenvalue weighted by atomic mass is 9.91. The van der Waals surface area contributed by atoms with Crippen molar-refractivity contribution in [3.05, 3.63) is 100 Å². The van der Waals surface area contributed by atoms with Crippen LogP contribution in [-0.4, -0.2) is 202 Å². The Morgan fingerprint density at radius 1 is 0.848 bits per heavy atom. The number of nitrogens with zero attached hydrogens (tertiary/aromatic N) is 8. The van der Waals surface area contributed by atoms with Crippen LogP contribution >= 0.6 is 22.9 Å². The van der Waals surface area contributed by atoms with Crippen LogP contribution in [0.5, 0.6) is 17.4 Å². The molecule has 0 bridgehead atoms. The van der Waals surface area contributed by atoms with Crippen LogP contribution in [0.4, 0.5) is 16.2 Å². The second kappa shape index (κ2) is 33.2. The molecule has 1 unspecified atom stereocenters. The number of fused-ring (bicyclic) bond motifs is 2. The van der Waals surface area contributed by atoms with Crippen molar-refractivity contribution < 1.29 is 66.4 Å². The van der Waals surface area contributed by atoms with Gasteiger partial charge in [0.15, 0.2) is 11.6 Å². The lowest BCUT2D eigenvalue weighted by Crippen LogP contribution is -2.48. The first-order chi connectivity index (χ1) is 44.5. The second-order valence-corrected chi connectivity index (χ2v) is 24.1. The number of ether oxygens (including phenoxy) is 7. The fourth-order valence-corrected chi connectivity index (χ4v) is 12.4. The van der Waals surface area contributed by atoms with E-state index < -0.39 is 17.8 Å². The SMILES string of the molecule is COc1cc(-c2scnc2C)ccc1[C@H](C)NC(=O)[C@@H]1CCCN1C(=O)C(c1cc(OCCOCCOCCOCCOCCOCCN(C)C(=O)CCNc2nc(N3CCN(C(C)=O)CC3)c3cc(Cl)c(-c4cc(O)cc5ccccc45)c(F)c3n2)no1)C(C)C. The Morgan fingerprint density at radius 3 is 2.20 bits per heavy atom. The Morgan fingerprint density at radius 2 is 1.53 bits per heavy atom. The van der Waals surface area contributed by atoms with Crippen LogP contribution < -0.4 is 25.0 Å². The number of anilines is 2. The maximum absolute atomic E-state index is 17.0. The molecular weight excluding hydrogens is 1230 g/mol. The topological polar surface area (TPSA) is 255 Å². The van der Waals surface area contributed by atoms with Crippen molar-refractivity contribution in [3.8, 4) is 38.9 Å². The Labute approximate surface area is 543 Å². The van der Waals surface area contributed by atoms with Crippen molar-refractivity contribution in [2.24, 2.45) is 5.92 Å². The summed E-state index contributed by atoms with van der Waals surface area (Å²) in [6.45, 7) is 15.7. The molecule has 3 N–H and O–H groups in total. The molecule has 9 rings (SSSR count). The molecule has 2 aliphatic rings. The highest BCUT2D eigenvalue weighted by Gasteiger charge is 2.41. The summed E-state index contributed by atoms with van der Waals surface area (Å²) in [4.78, 5) is 75.0. The average molecular weight is 1310 g/mol. The lowest BCUT2D eigenvalue weighted by molar-refractivity contribution is -0.141. The maximum Gasteiger partial charge on any atom is 0.254 e. The van der Waals surface area contributed by atoms with Gasteiger partial charge in [0.2, 0.25) is 29.6 Å². The molecule has 494 valence electrons. The molecule has 0 saturated carbocycles. The Balaban J connectivity index is 0.609. The number of rotatable bonds is 33. The number of hydrogen-bond donors (Lipinski definition) is 3. The molecule has 5 heterocycles. The number of aromatic nitrogens is 4. The Hall–Kier alpha value is -7.78. The van der Waals surface area contributed by atoms with Crippen molar-refractivity contribution in [2.75, 3.05) is 143 Å². The van der Waals surface area contributed by atoms with E-state index >= 15 is 4.39 Å².